The molecular formula is C16H19N5O4S. The number of ether oxygens (including phenoxy) is 1. The van der Waals surface area contributed by atoms with E-state index in [9.17, 15) is 15.0 Å². The third-order valence-electron chi connectivity index (χ3n) is 4.63. The van der Waals surface area contributed by atoms with Crippen molar-refractivity contribution in [1.29, 1.82) is 0 Å². The molecule has 3 heterocycles. The summed E-state index contributed by atoms with van der Waals surface area (Å²) < 4.78 is 7.37. The number of amides is 1. The number of carbonyl (C=O) groups excluding carboxylic acids is 1. The molecule has 0 aromatic carbocycles. The lowest BCUT2D eigenvalue weighted by molar-refractivity contribution is -0.113. The number of aliphatic hydroxyl groups excluding tert-OH is 2. The second-order valence-electron chi connectivity index (χ2n) is 6.27. The zero-order valence-corrected chi connectivity index (χ0v) is 14.9. The second kappa shape index (κ2) is 6.95. The van der Waals surface area contributed by atoms with Crippen molar-refractivity contribution < 1.29 is 19.7 Å². The van der Waals surface area contributed by atoms with Crippen LogP contribution in [0, 0.1) is 0 Å². The average Bonchev–Trinajstić information content (AvgIpc) is 3.11. The molecule has 26 heavy (non-hydrogen) atoms. The molecule has 2 aromatic rings. The Morgan fingerprint density at radius 2 is 2.19 bits per heavy atom. The van der Waals surface area contributed by atoms with E-state index in [-0.39, 0.29) is 5.91 Å². The number of thioether (sulfide) groups is 1. The summed E-state index contributed by atoms with van der Waals surface area (Å²) in [6.45, 7) is 0. The first-order valence-electron chi connectivity index (χ1n) is 8.28. The Morgan fingerprint density at radius 3 is 2.88 bits per heavy atom. The number of aromatic nitrogens is 4. The number of carbonyl (C=O) groups is 1. The van der Waals surface area contributed by atoms with Crippen LogP contribution in [0.15, 0.2) is 24.3 Å². The van der Waals surface area contributed by atoms with Gasteiger partial charge in [0.25, 0.3) is 5.91 Å². The van der Waals surface area contributed by atoms with Gasteiger partial charge in [0, 0.05) is 11.3 Å². The summed E-state index contributed by atoms with van der Waals surface area (Å²) in [5, 5.41) is 23.3. The van der Waals surface area contributed by atoms with Gasteiger partial charge in [-0.2, -0.15) is 11.8 Å². The molecule has 1 fully saturated rings. The number of nitrogens with zero attached hydrogens (tertiary/aromatic N) is 4. The molecule has 2 aliphatic rings. The molecule has 0 bridgehead atoms. The molecule has 1 aliphatic carbocycles. The fraction of sp³-hybridized carbons (Fsp3) is 0.500. The maximum Gasteiger partial charge on any atom is 0.252 e. The summed E-state index contributed by atoms with van der Waals surface area (Å²) in [7, 11) is 0. The molecule has 138 valence electrons. The van der Waals surface area contributed by atoms with Crippen molar-refractivity contribution >= 4 is 34.7 Å². The molecule has 2 aromatic heterocycles. The third-order valence-corrected chi connectivity index (χ3v) is 5.29. The van der Waals surface area contributed by atoms with Crippen molar-refractivity contribution in [3.05, 3.63) is 24.3 Å². The highest BCUT2D eigenvalue weighted by Gasteiger charge is 2.44. The van der Waals surface area contributed by atoms with Gasteiger partial charge in [-0.05, 0) is 19.1 Å². The van der Waals surface area contributed by atoms with E-state index in [4.69, 9.17) is 4.74 Å². The molecule has 0 radical (unpaired) electrons. The number of imidazole rings is 1. The summed E-state index contributed by atoms with van der Waals surface area (Å²) in [6, 6.07) is 0. The number of allylic oxidation sites excluding steroid dienone is 1. The molecule has 4 rings (SSSR count). The second-order valence-corrected chi connectivity index (χ2v) is 7.18. The van der Waals surface area contributed by atoms with Gasteiger partial charge in [-0.15, -0.1) is 0 Å². The van der Waals surface area contributed by atoms with Gasteiger partial charge >= 0.3 is 0 Å². The van der Waals surface area contributed by atoms with Crippen LogP contribution >= 0.6 is 11.8 Å². The summed E-state index contributed by atoms with van der Waals surface area (Å²) >= 11 is 1.53. The Labute approximate surface area is 153 Å². The molecule has 4 atom stereocenters. The highest BCUT2D eigenvalue weighted by molar-refractivity contribution is 7.98. The summed E-state index contributed by atoms with van der Waals surface area (Å²) in [5.74, 6) is 0.672. The molecule has 0 spiro atoms. The number of nitrogens with one attached hydrogen (secondary N) is 1. The fourth-order valence-corrected chi connectivity index (χ4v) is 3.68. The topological polar surface area (TPSA) is 122 Å². The number of hydrogen-bond donors (Lipinski definition) is 3. The minimum absolute atomic E-state index is 0.196. The van der Waals surface area contributed by atoms with E-state index in [0.29, 0.717) is 22.7 Å². The first kappa shape index (κ1) is 17.4. The largest absolute Gasteiger partial charge is 0.387 e. The molecule has 10 heteroatoms. The summed E-state index contributed by atoms with van der Waals surface area (Å²) in [6.07, 6.45) is 4.87. The van der Waals surface area contributed by atoms with Crippen LogP contribution in [0.5, 0.6) is 0 Å². The molecule has 1 saturated heterocycles. The maximum atomic E-state index is 12.1. The summed E-state index contributed by atoms with van der Waals surface area (Å²) in [4.78, 5) is 24.7. The van der Waals surface area contributed by atoms with E-state index in [1.807, 2.05) is 12.3 Å². The van der Waals surface area contributed by atoms with Gasteiger partial charge < -0.3 is 20.3 Å². The molecule has 0 unspecified atom stereocenters. The smallest absolute Gasteiger partial charge is 0.252 e. The number of rotatable bonds is 5. The maximum absolute atomic E-state index is 12.1. The quantitative estimate of drug-likeness (QED) is 0.687. The lowest BCUT2D eigenvalue weighted by Crippen LogP contribution is -2.32. The Kier molecular flexibility index (Phi) is 4.65. The van der Waals surface area contributed by atoms with Crippen LogP contribution in [0.1, 0.15) is 19.1 Å². The van der Waals surface area contributed by atoms with Gasteiger partial charge in [-0.3, -0.25) is 9.36 Å². The monoisotopic (exact) mass is 377 g/mol. The minimum Gasteiger partial charge on any atom is -0.387 e. The predicted octanol–water partition coefficient (Wildman–Crippen LogP) is 0.467. The van der Waals surface area contributed by atoms with Crippen LogP contribution in [0.3, 0.4) is 0 Å². The van der Waals surface area contributed by atoms with Gasteiger partial charge in [0.2, 0.25) is 0 Å². The van der Waals surface area contributed by atoms with E-state index < -0.39 is 24.5 Å². The van der Waals surface area contributed by atoms with Gasteiger partial charge in [-0.1, -0.05) is 6.08 Å². The average molecular weight is 377 g/mol. The Bertz CT molecular complexity index is 869. The Morgan fingerprint density at radius 1 is 1.38 bits per heavy atom. The lowest BCUT2D eigenvalue weighted by Gasteiger charge is -2.16. The number of anilines is 1. The first-order valence-corrected chi connectivity index (χ1v) is 9.68. The van der Waals surface area contributed by atoms with E-state index in [0.717, 1.165) is 18.4 Å². The predicted molar refractivity (Wildman–Crippen MR) is 95.6 cm³/mol. The summed E-state index contributed by atoms with van der Waals surface area (Å²) in [5.41, 5.74) is 1.55. The molecule has 3 N–H and O–H groups in total. The van der Waals surface area contributed by atoms with E-state index in [2.05, 4.69) is 20.3 Å². The Balaban J connectivity index is 1.63. The molecule has 1 amide bonds. The van der Waals surface area contributed by atoms with E-state index >= 15 is 0 Å². The van der Waals surface area contributed by atoms with Crippen LogP contribution in [-0.4, -0.2) is 66.0 Å². The standard InChI is InChI=1S/C16H19N5O4S/c1-26-5-9-11(22)12(23)16(25-9)21-7-19-10-13(17-6-18-14(10)21)20-15(24)8-3-2-4-8/h3,6-7,9,11-12,16,22-23H,2,4-5H2,1H3,(H,17,18,20,24)/t9-,11-,12-,16-/m1/s1. The van der Waals surface area contributed by atoms with E-state index in [1.165, 1.54) is 24.4 Å². The van der Waals surface area contributed by atoms with Crippen molar-refractivity contribution in [3.8, 4) is 0 Å². The van der Waals surface area contributed by atoms with Crippen LogP contribution in [0.2, 0.25) is 0 Å². The SMILES string of the molecule is CSC[C@H]1O[C@@H](n2cnc3c(NC(=O)C4=CCC4)ncnc32)[C@H](O)[C@@H]1O. The number of hydrogen-bond acceptors (Lipinski definition) is 8. The molecular weight excluding hydrogens is 358 g/mol. The van der Waals surface area contributed by atoms with Crippen LogP contribution < -0.4 is 5.32 Å². The van der Waals surface area contributed by atoms with Crippen LogP contribution in [0.4, 0.5) is 5.82 Å². The number of fused-ring (bicyclic) bond motifs is 1. The molecule has 1 aliphatic heterocycles. The molecule has 9 nitrogen and oxygen atoms in total. The van der Waals surface area contributed by atoms with Crippen LogP contribution in [-0.2, 0) is 9.53 Å². The van der Waals surface area contributed by atoms with Crippen molar-refractivity contribution in [3.63, 3.8) is 0 Å². The zero-order chi connectivity index (χ0) is 18.3. The fourth-order valence-electron chi connectivity index (χ4n) is 3.07. The highest BCUT2D eigenvalue weighted by Crippen LogP contribution is 2.33. The van der Waals surface area contributed by atoms with Crippen molar-refractivity contribution in [2.75, 3.05) is 17.3 Å². The van der Waals surface area contributed by atoms with Crippen molar-refractivity contribution in [1.82, 2.24) is 19.5 Å². The van der Waals surface area contributed by atoms with Crippen molar-refractivity contribution in [2.24, 2.45) is 0 Å². The minimum atomic E-state index is -1.10. The lowest BCUT2D eigenvalue weighted by atomic mass is 9.98. The van der Waals surface area contributed by atoms with Gasteiger partial charge in [0.15, 0.2) is 23.2 Å². The van der Waals surface area contributed by atoms with Crippen LogP contribution in [0.25, 0.3) is 11.2 Å². The Hall–Kier alpha value is -2.01. The van der Waals surface area contributed by atoms with Gasteiger partial charge in [0.1, 0.15) is 18.5 Å². The van der Waals surface area contributed by atoms with Crippen molar-refractivity contribution in [2.45, 2.75) is 37.4 Å². The third kappa shape index (κ3) is 2.88. The normalized spacial score (nSPS) is 28.0. The highest BCUT2D eigenvalue weighted by atomic mass is 32.2. The first-order chi connectivity index (χ1) is 12.6. The zero-order valence-electron chi connectivity index (χ0n) is 14.1. The van der Waals surface area contributed by atoms with Gasteiger partial charge in [0.05, 0.1) is 12.4 Å². The number of aliphatic hydroxyl groups is 2. The van der Waals surface area contributed by atoms with Gasteiger partial charge in [-0.25, -0.2) is 15.0 Å². The molecule has 0 saturated carbocycles. The van der Waals surface area contributed by atoms with E-state index in [1.54, 1.807) is 4.57 Å².